The van der Waals surface area contributed by atoms with Gasteiger partial charge in [0, 0.05) is 11.3 Å². The van der Waals surface area contributed by atoms with Gasteiger partial charge in [-0.15, -0.1) is 0 Å². The average Bonchev–Trinajstić information content (AvgIpc) is 3.18. The second-order valence-electron chi connectivity index (χ2n) is 6.34. The number of nitrogens with zero attached hydrogens (tertiary/aromatic N) is 2. The highest BCUT2D eigenvalue weighted by molar-refractivity contribution is 5.83. The van der Waals surface area contributed by atoms with Gasteiger partial charge in [-0.25, -0.2) is 5.43 Å². The Morgan fingerprint density at radius 3 is 2.61 bits per heavy atom. The fourth-order valence-electron chi connectivity index (χ4n) is 2.53. The van der Waals surface area contributed by atoms with Gasteiger partial charge in [-0.1, -0.05) is 6.07 Å². The molecule has 3 rings (SSSR count). The fourth-order valence-corrected chi connectivity index (χ4v) is 2.53. The largest absolute Gasteiger partial charge is 0.455 e. The molecule has 1 amide bonds. The van der Waals surface area contributed by atoms with Gasteiger partial charge in [0.15, 0.2) is 0 Å². The molecule has 6 heteroatoms. The summed E-state index contributed by atoms with van der Waals surface area (Å²) in [6, 6.07) is 18.7. The van der Waals surface area contributed by atoms with E-state index in [0.717, 1.165) is 11.3 Å². The Bertz CT molecular complexity index is 1040. The van der Waals surface area contributed by atoms with Crippen LogP contribution in [0.4, 0.5) is 5.69 Å². The maximum absolute atomic E-state index is 11.9. The molecule has 0 aliphatic heterocycles. The molecule has 0 fully saturated rings. The number of hydrogen-bond donors (Lipinski definition) is 2. The van der Waals surface area contributed by atoms with Crippen molar-refractivity contribution >= 4 is 17.8 Å². The van der Waals surface area contributed by atoms with E-state index in [1.807, 2.05) is 50.2 Å². The molecule has 0 unspecified atom stereocenters. The molecule has 0 atom stereocenters. The van der Waals surface area contributed by atoms with Crippen LogP contribution in [0.5, 0.6) is 0 Å². The molecular weight excluding hydrogens is 352 g/mol. The van der Waals surface area contributed by atoms with Gasteiger partial charge in [-0.2, -0.15) is 10.4 Å². The van der Waals surface area contributed by atoms with Crippen LogP contribution in [0.25, 0.3) is 11.3 Å². The molecule has 0 aliphatic carbocycles. The summed E-state index contributed by atoms with van der Waals surface area (Å²) in [5.41, 5.74) is 7.18. The number of carbonyl (C=O) groups excluding carboxylic acids is 1. The Morgan fingerprint density at radius 1 is 1.11 bits per heavy atom. The molecule has 2 N–H and O–H groups in total. The van der Waals surface area contributed by atoms with Gasteiger partial charge < -0.3 is 9.73 Å². The summed E-state index contributed by atoms with van der Waals surface area (Å²) in [5.74, 6) is 0.920. The third-order valence-corrected chi connectivity index (χ3v) is 4.27. The van der Waals surface area contributed by atoms with Crippen LogP contribution in [0.3, 0.4) is 0 Å². The van der Waals surface area contributed by atoms with Gasteiger partial charge in [0.1, 0.15) is 11.5 Å². The van der Waals surface area contributed by atoms with Crippen molar-refractivity contribution < 1.29 is 9.21 Å². The van der Waals surface area contributed by atoms with Crippen molar-refractivity contribution in [1.29, 1.82) is 5.26 Å². The summed E-state index contributed by atoms with van der Waals surface area (Å²) >= 11 is 0. The summed E-state index contributed by atoms with van der Waals surface area (Å²) in [7, 11) is 0. The lowest BCUT2D eigenvalue weighted by Crippen LogP contribution is -2.25. The van der Waals surface area contributed by atoms with Crippen LogP contribution in [0.15, 0.2) is 64.1 Å². The normalized spacial score (nSPS) is 10.6. The Labute approximate surface area is 163 Å². The zero-order valence-electron chi connectivity index (χ0n) is 15.7. The van der Waals surface area contributed by atoms with Crippen molar-refractivity contribution in [2.45, 2.75) is 13.8 Å². The SMILES string of the molecule is Cc1ccc(NCC(=O)N/N=C\c2ccc(-c3ccc(C#N)cc3)o2)cc1C. The van der Waals surface area contributed by atoms with E-state index in [0.29, 0.717) is 17.1 Å². The van der Waals surface area contributed by atoms with Crippen LogP contribution >= 0.6 is 0 Å². The second kappa shape index (κ2) is 8.69. The van der Waals surface area contributed by atoms with Crippen LogP contribution in [0, 0.1) is 25.2 Å². The number of hydrazone groups is 1. The summed E-state index contributed by atoms with van der Waals surface area (Å²) in [6.07, 6.45) is 1.45. The highest BCUT2D eigenvalue weighted by atomic mass is 16.3. The lowest BCUT2D eigenvalue weighted by molar-refractivity contribution is -0.119. The van der Waals surface area contributed by atoms with Crippen molar-refractivity contribution in [3.63, 3.8) is 0 Å². The van der Waals surface area contributed by atoms with E-state index >= 15 is 0 Å². The van der Waals surface area contributed by atoms with Crippen molar-refractivity contribution in [2.24, 2.45) is 5.10 Å². The smallest absolute Gasteiger partial charge is 0.259 e. The van der Waals surface area contributed by atoms with Crippen LogP contribution in [-0.2, 0) is 4.79 Å². The minimum absolute atomic E-state index is 0.120. The first-order valence-electron chi connectivity index (χ1n) is 8.78. The van der Waals surface area contributed by atoms with E-state index in [4.69, 9.17) is 9.68 Å². The predicted molar refractivity (Wildman–Crippen MR) is 109 cm³/mol. The van der Waals surface area contributed by atoms with Gasteiger partial charge in [-0.05, 0) is 73.5 Å². The monoisotopic (exact) mass is 372 g/mol. The molecule has 0 radical (unpaired) electrons. The van der Waals surface area contributed by atoms with Crippen molar-refractivity contribution in [3.05, 3.63) is 77.0 Å². The number of rotatable bonds is 6. The number of amides is 1. The number of benzene rings is 2. The van der Waals surface area contributed by atoms with E-state index in [1.54, 1.807) is 18.2 Å². The third kappa shape index (κ3) is 4.86. The number of aryl methyl sites for hydroxylation is 2. The molecule has 0 saturated heterocycles. The lowest BCUT2D eigenvalue weighted by atomic mass is 10.1. The zero-order valence-corrected chi connectivity index (χ0v) is 15.7. The van der Waals surface area contributed by atoms with E-state index in [1.165, 1.54) is 17.3 Å². The molecule has 140 valence electrons. The van der Waals surface area contributed by atoms with Crippen molar-refractivity contribution in [2.75, 3.05) is 11.9 Å². The third-order valence-electron chi connectivity index (χ3n) is 4.27. The maximum atomic E-state index is 11.9. The lowest BCUT2D eigenvalue weighted by Gasteiger charge is -2.07. The Morgan fingerprint density at radius 2 is 1.89 bits per heavy atom. The first kappa shape index (κ1) is 18.9. The number of carbonyl (C=O) groups is 1. The zero-order chi connectivity index (χ0) is 19.9. The second-order valence-corrected chi connectivity index (χ2v) is 6.34. The quantitative estimate of drug-likeness (QED) is 0.505. The summed E-state index contributed by atoms with van der Waals surface area (Å²) in [4.78, 5) is 11.9. The minimum atomic E-state index is -0.256. The molecule has 0 saturated carbocycles. The van der Waals surface area contributed by atoms with Crippen molar-refractivity contribution in [1.82, 2.24) is 5.43 Å². The van der Waals surface area contributed by atoms with E-state index in [-0.39, 0.29) is 12.5 Å². The van der Waals surface area contributed by atoms with Gasteiger partial charge in [0.25, 0.3) is 5.91 Å². The summed E-state index contributed by atoms with van der Waals surface area (Å²) < 4.78 is 5.68. The molecule has 2 aromatic carbocycles. The van der Waals surface area contributed by atoms with E-state index < -0.39 is 0 Å². The topological polar surface area (TPSA) is 90.4 Å². The highest BCUT2D eigenvalue weighted by Crippen LogP contribution is 2.21. The Kier molecular flexibility index (Phi) is 5.87. The summed E-state index contributed by atoms with van der Waals surface area (Å²) in [6.45, 7) is 4.19. The number of furan rings is 1. The average molecular weight is 372 g/mol. The van der Waals surface area contributed by atoms with Gasteiger partial charge in [-0.3, -0.25) is 4.79 Å². The first-order valence-corrected chi connectivity index (χ1v) is 8.78. The number of hydrogen-bond acceptors (Lipinski definition) is 5. The maximum Gasteiger partial charge on any atom is 0.259 e. The number of anilines is 1. The van der Waals surface area contributed by atoms with Gasteiger partial charge >= 0.3 is 0 Å². The molecule has 6 nitrogen and oxygen atoms in total. The predicted octanol–water partition coefficient (Wildman–Crippen LogP) is 4.00. The summed E-state index contributed by atoms with van der Waals surface area (Å²) in [5, 5.41) is 15.8. The highest BCUT2D eigenvalue weighted by Gasteiger charge is 2.04. The van der Waals surface area contributed by atoms with Gasteiger partial charge in [0.2, 0.25) is 0 Å². The Balaban J connectivity index is 1.51. The molecule has 0 spiro atoms. The standard InChI is InChI=1S/C22H20N4O2/c1-15-3-8-19(11-16(15)2)24-14-22(27)26-25-13-20-9-10-21(28-20)18-6-4-17(12-23)5-7-18/h3-11,13,24H,14H2,1-2H3,(H,26,27)/b25-13-. The van der Waals surface area contributed by atoms with Crippen LogP contribution in [0.2, 0.25) is 0 Å². The molecule has 1 aromatic heterocycles. The number of nitriles is 1. The fraction of sp³-hybridized carbons (Fsp3) is 0.136. The molecule has 28 heavy (non-hydrogen) atoms. The molecule has 0 aliphatic rings. The number of nitrogens with one attached hydrogen (secondary N) is 2. The Hall–Kier alpha value is -3.85. The molecule has 1 heterocycles. The molecular formula is C22H20N4O2. The van der Waals surface area contributed by atoms with E-state index in [9.17, 15) is 4.79 Å². The first-order chi connectivity index (χ1) is 13.5. The van der Waals surface area contributed by atoms with Crippen LogP contribution < -0.4 is 10.7 Å². The molecule has 0 bridgehead atoms. The molecule has 3 aromatic rings. The van der Waals surface area contributed by atoms with Crippen LogP contribution in [-0.4, -0.2) is 18.7 Å². The minimum Gasteiger partial charge on any atom is -0.455 e. The van der Waals surface area contributed by atoms with Gasteiger partial charge in [0.05, 0.1) is 24.4 Å². The van der Waals surface area contributed by atoms with Crippen LogP contribution in [0.1, 0.15) is 22.5 Å². The van der Waals surface area contributed by atoms with E-state index in [2.05, 4.69) is 21.9 Å². The van der Waals surface area contributed by atoms with Crippen molar-refractivity contribution in [3.8, 4) is 17.4 Å².